The van der Waals surface area contributed by atoms with Crippen LogP contribution in [-0.2, 0) is 6.42 Å². The number of hydrogen-bond donors (Lipinski definition) is 4. The normalized spacial score (nSPS) is 11.1. The van der Waals surface area contributed by atoms with Crippen molar-refractivity contribution < 1.29 is 0 Å². The summed E-state index contributed by atoms with van der Waals surface area (Å²) < 4.78 is 0. The summed E-state index contributed by atoms with van der Waals surface area (Å²) in [5.74, 6) is 1.38. The zero-order valence-electron chi connectivity index (χ0n) is 15.2. The minimum Gasteiger partial charge on any atom is -0.361 e. The van der Waals surface area contributed by atoms with Crippen molar-refractivity contribution in [1.29, 1.82) is 0 Å². The Morgan fingerprint density at radius 1 is 0.929 bits per heavy atom. The van der Waals surface area contributed by atoms with Gasteiger partial charge in [-0.05, 0) is 48.4 Å². The molecule has 3 aromatic heterocycles. The molecule has 0 aliphatic rings. The predicted molar refractivity (Wildman–Crippen MR) is 114 cm³/mol. The molecule has 6 heteroatoms. The van der Waals surface area contributed by atoms with Gasteiger partial charge in [0.1, 0.15) is 5.82 Å². The Hall–Kier alpha value is -3.80. The van der Waals surface area contributed by atoms with Gasteiger partial charge in [-0.1, -0.05) is 18.2 Å². The van der Waals surface area contributed by atoms with Gasteiger partial charge in [-0.25, -0.2) is 4.98 Å². The highest BCUT2D eigenvalue weighted by Crippen LogP contribution is 2.21. The molecule has 0 bridgehead atoms. The summed E-state index contributed by atoms with van der Waals surface area (Å²) in [5.41, 5.74) is 4.57. The number of H-pyrrole nitrogens is 2. The average Bonchev–Trinajstić information content (AvgIpc) is 3.35. The Morgan fingerprint density at radius 3 is 2.89 bits per heavy atom. The first-order valence-corrected chi connectivity index (χ1v) is 9.31. The van der Waals surface area contributed by atoms with E-state index in [0.717, 1.165) is 35.4 Å². The number of anilines is 3. The molecule has 2 aromatic carbocycles. The van der Waals surface area contributed by atoms with Crippen molar-refractivity contribution in [3.05, 3.63) is 78.8 Å². The van der Waals surface area contributed by atoms with Crippen LogP contribution in [0.4, 0.5) is 17.5 Å². The molecule has 0 unspecified atom stereocenters. The zero-order valence-corrected chi connectivity index (χ0v) is 15.2. The van der Waals surface area contributed by atoms with E-state index in [1.54, 1.807) is 6.20 Å². The quantitative estimate of drug-likeness (QED) is 0.346. The summed E-state index contributed by atoms with van der Waals surface area (Å²) in [7, 11) is 0. The highest BCUT2D eigenvalue weighted by molar-refractivity contribution is 5.84. The number of hydrogen-bond acceptors (Lipinski definition) is 4. The van der Waals surface area contributed by atoms with Crippen LogP contribution in [0, 0.1) is 0 Å². The molecule has 0 aliphatic carbocycles. The second-order valence-electron chi connectivity index (χ2n) is 6.71. The summed E-state index contributed by atoms with van der Waals surface area (Å²) in [6.45, 7) is 0.764. The standard InChI is InChI=1S/C22H20N6/c1-2-4-20-18(3-1)16(14-26-20)8-11-24-22-25-12-9-21(28-22)27-17-5-6-19-15(13-17)7-10-23-19/h1-7,9-10,12-14,23,26H,8,11H2,(H2,24,25,27,28). The number of nitrogens with zero attached hydrogens (tertiary/aromatic N) is 2. The lowest BCUT2D eigenvalue weighted by molar-refractivity contribution is 0.991. The van der Waals surface area contributed by atoms with E-state index in [1.807, 2.05) is 24.4 Å². The van der Waals surface area contributed by atoms with Gasteiger partial charge in [0.05, 0.1) is 0 Å². The second kappa shape index (κ2) is 7.08. The van der Waals surface area contributed by atoms with Crippen molar-refractivity contribution in [2.24, 2.45) is 0 Å². The van der Waals surface area contributed by atoms with Crippen LogP contribution >= 0.6 is 0 Å². The number of aromatic nitrogens is 4. The van der Waals surface area contributed by atoms with Crippen LogP contribution in [0.15, 0.2) is 73.2 Å². The number of rotatable bonds is 6. The van der Waals surface area contributed by atoms with E-state index in [0.29, 0.717) is 5.95 Å². The summed E-state index contributed by atoms with van der Waals surface area (Å²) >= 11 is 0. The van der Waals surface area contributed by atoms with Gasteiger partial charge in [0.15, 0.2) is 0 Å². The number of para-hydroxylation sites is 1. The molecule has 0 fully saturated rings. The van der Waals surface area contributed by atoms with Crippen LogP contribution in [0.3, 0.4) is 0 Å². The van der Waals surface area contributed by atoms with Crippen LogP contribution in [0.5, 0.6) is 0 Å². The van der Waals surface area contributed by atoms with Crippen molar-refractivity contribution in [2.75, 3.05) is 17.2 Å². The summed E-state index contributed by atoms with van der Waals surface area (Å²) in [6, 6.07) is 18.4. The van der Waals surface area contributed by atoms with Crippen LogP contribution in [0.25, 0.3) is 21.8 Å². The fraction of sp³-hybridized carbons (Fsp3) is 0.0909. The third-order valence-corrected chi connectivity index (χ3v) is 4.83. The van der Waals surface area contributed by atoms with E-state index in [1.165, 1.54) is 16.5 Å². The Kier molecular flexibility index (Phi) is 4.14. The van der Waals surface area contributed by atoms with E-state index >= 15 is 0 Å². The fourth-order valence-corrected chi connectivity index (χ4v) is 3.44. The Morgan fingerprint density at radius 2 is 1.89 bits per heavy atom. The van der Waals surface area contributed by atoms with Gasteiger partial charge in [0.2, 0.25) is 5.95 Å². The van der Waals surface area contributed by atoms with Gasteiger partial charge in [-0.3, -0.25) is 0 Å². The highest BCUT2D eigenvalue weighted by Gasteiger charge is 2.04. The average molecular weight is 368 g/mol. The number of benzene rings is 2. The third kappa shape index (κ3) is 3.27. The molecule has 4 N–H and O–H groups in total. The fourth-order valence-electron chi connectivity index (χ4n) is 3.44. The van der Waals surface area contributed by atoms with Gasteiger partial charge in [0.25, 0.3) is 0 Å². The van der Waals surface area contributed by atoms with Crippen molar-refractivity contribution >= 4 is 39.3 Å². The Labute approximate surface area is 162 Å². The van der Waals surface area contributed by atoms with Crippen molar-refractivity contribution in [2.45, 2.75) is 6.42 Å². The lowest BCUT2D eigenvalue weighted by atomic mass is 10.1. The molecule has 0 saturated heterocycles. The molecular weight excluding hydrogens is 348 g/mol. The van der Waals surface area contributed by atoms with Gasteiger partial charge >= 0.3 is 0 Å². The van der Waals surface area contributed by atoms with Crippen molar-refractivity contribution in [1.82, 2.24) is 19.9 Å². The van der Waals surface area contributed by atoms with Crippen molar-refractivity contribution in [3.8, 4) is 0 Å². The molecule has 0 amide bonds. The monoisotopic (exact) mass is 368 g/mol. The van der Waals surface area contributed by atoms with Gasteiger partial charge in [0, 0.05) is 52.6 Å². The molecule has 28 heavy (non-hydrogen) atoms. The lowest BCUT2D eigenvalue weighted by Gasteiger charge is -2.08. The third-order valence-electron chi connectivity index (χ3n) is 4.83. The molecule has 5 rings (SSSR count). The molecule has 5 aromatic rings. The molecule has 0 spiro atoms. The van der Waals surface area contributed by atoms with E-state index in [4.69, 9.17) is 0 Å². The molecule has 3 heterocycles. The van der Waals surface area contributed by atoms with Crippen LogP contribution in [-0.4, -0.2) is 26.5 Å². The first-order chi connectivity index (χ1) is 13.8. The molecule has 0 atom stereocenters. The largest absolute Gasteiger partial charge is 0.361 e. The lowest BCUT2D eigenvalue weighted by Crippen LogP contribution is -2.08. The first kappa shape index (κ1) is 16.4. The van der Waals surface area contributed by atoms with Crippen LogP contribution < -0.4 is 10.6 Å². The minimum atomic E-state index is 0.618. The Balaban J connectivity index is 1.25. The van der Waals surface area contributed by atoms with E-state index in [-0.39, 0.29) is 0 Å². The molecular formula is C22H20N6. The predicted octanol–water partition coefficient (Wildman–Crippen LogP) is 4.84. The number of fused-ring (bicyclic) bond motifs is 2. The summed E-state index contributed by atoms with van der Waals surface area (Å²) in [6.07, 6.45) is 6.67. The molecule has 0 radical (unpaired) electrons. The van der Waals surface area contributed by atoms with Crippen LogP contribution in [0.2, 0.25) is 0 Å². The Bertz CT molecular complexity index is 1240. The number of aromatic amines is 2. The van der Waals surface area contributed by atoms with Gasteiger partial charge in [-0.2, -0.15) is 4.98 Å². The van der Waals surface area contributed by atoms with E-state index in [2.05, 4.69) is 73.2 Å². The van der Waals surface area contributed by atoms with Crippen LogP contribution in [0.1, 0.15) is 5.56 Å². The SMILES string of the molecule is c1ccc2c(CCNc3nccc(Nc4ccc5[nH]ccc5c4)n3)c[nH]c2c1. The molecule has 0 aliphatic heterocycles. The van der Waals surface area contributed by atoms with Crippen molar-refractivity contribution in [3.63, 3.8) is 0 Å². The highest BCUT2D eigenvalue weighted by atomic mass is 15.1. The topological polar surface area (TPSA) is 81.4 Å². The maximum absolute atomic E-state index is 4.57. The van der Waals surface area contributed by atoms with E-state index < -0.39 is 0 Å². The summed E-state index contributed by atoms with van der Waals surface area (Å²) in [4.78, 5) is 15.4. The summed E-state index contributed by atoms with van der Waals surface area (Å²) in [5, 5.41) is 9.09. The zero-order chi connectivity index (χ0) is 18.8. The van der Waals surface area contributed by atoms with E-state index in [9.17, 15) is 0 Å². The first-order valence-electron chi connectivity index (χ1n) is 9.31. The molecule has 6 nitrogen and oxygen atoms in total. The number of nitrogens with one attached hydrogen (secondary N) is 4. The van der Waals surface area contributed by atoms with Gasteiger partial charge < -0.3 is 20.6 Å². The molecule has 0 saturated carbocycles. The second-order valence-corrected chi connectivity index (χ2v) is 6.71. The maximum Gasteiger partial charge on any atom is 0.224 e. The minimum absolute atomic E-state index is 0.618. The smallest absolute Gasteiger partial charge is 0.224 e. The molecule has 138 valence electrons. The maximum atomic E-state index is 4.57. The van der Waals surface area contributed by atoms with Gasteiger partial charge in [-0.15, -0.1) is 0 Å².